The molecule has 2 rings (SSSR count). The van der Waals surface area contributed by atoms with E-state index in [1.54, 1.807) is 24.0 Å². The molecule has 2 heterocycles. The van der Waals surface area contributed by atoms with E-state index in [0.29, 0.717) is 23.1 Å². The molecule has 86 valence electrons. The van der Waals surface area contributed by atoms with Crippen molar-refractivity contribution >= 4 is 23.4 Å². The molecule has 3 N–H and O–H groups in total. The highest BCUT2D eigenvalue weighted by atomic mass is 35.5. The van der Waals surface area contributed by atoms with E-state index in [4.69, 9.17) is 17.3 Å². The number of allylic oxidation sites excluding steroid dienone is 2. The molecular weight excluding hydrogens is 230 g/mol. The number of rotatable bonds is 2. The number of hydrogen-bond donors (Lipinski definition) is 2. The van der Waals surface area contributed by atoms with E-state index in [2.05, 4.69) is 4.99 Å². The molecule has 0 amide bonds. The Labute approximate surface area is 97.9 Å². The lowest BCUT2D eigenvalue weighted by atomic mass is 9.98. The number of halogens is 1. The maximum atomic E-state index is 11.2. The standard InChI is InChI=1S/C10H12ClN3O2/c1-2-10(9(15)16)5-14-7(13-10)4-3-6(11)8(14)12/h3-4H,2,5,12H2,1H3,(H,15,16). The second kappa shape index (κ2) is 3.52. The first-order valence-corrected chi connectivity index (χ1v) is 5.32. The fourth-order valence-corrected chi connectivity index (χ4v) is 1.98. The maximum absolute atomic E-state index is 11.2. The third-order valence-corrected chi connectivity index (χ3v) is 3.24. The molecule has 0 saturated heterocycles. The van der Waals surface area contributed by atoms with Crippen molar-refractivity contribution in [1.29, 1.82) is 0 Å². The zero-order valence-corrected chi connectivity index (χ0v) is 9.53. The van der Waals surface area contributed by atoms with Crippen molar-refractivity contribution < 1.29 is 9.90 Å². The third kappa shape index (κ3) is 1.39. The highest BCUT2D eigenvalue weighted by molar-refractivity contribution is 6.32. The summed E-state index contributed by atoms with van der Waals surface area (Å²) in [5.74, 6) is -0.0140. The summed E-state index contributed by atoms with van der Waals surface area (Å²) in [6.45, 7) is 2.03. The minimum atomic E-state index is -1.11. The van der Waals surface area contributed by atoms with Gasteiger partial charge >= 0.3 is 5.97 Å². The number of nitrogens with zero attached hydrogens (tertiary/aromatic N) is 2. The predicted octanol–water partition coefficient (Wildman–Crippen LogP) is 0.870. The topological polar surface area (TPSA) is 78.9 Å². The molecule has 0 radical (unpaired) electrons. The zero-order chi connectivity index (χ0) is 11.9. The fraction of sp³-hybridized carbons (Fsp3) is 0.400. The lowest BCUT2D eigenvalue weighted by Gasteiger charge is -2.25. The molecule has 6 heteroatoms. The van der Waals surface area contributed by atoms with Crippen molar-refractivity contribution in [1.82, 2.24) is 4.90 Å². The Kier molecular flexibility index (Phi) is 2.42. The lowest BCUT2D eigenvalue weighted by Crippen LogP contribution is -2.43. The van der Waals surface area contributed by atoms with Crippen LogP contribution in [0.1, 0.15) is 13.3 Å². The summed E-state index contributed by atoms with van der Waals surface area (Å²) in [6.07, 6.45) is 3.72. The van der Waals surface area contributed by atoms with Gasteiger partial charge in [-0.3, -0.25) is 0 Å². The number of carboxylic acids is 1. The molecule has 0 aromatic carbocycles. The Balaban J connectivity index is 2.42. The molecule has 0 saturated carbocycles. The molecule has 5 nitrogen and oxygen atoms in total. The van der Waals surface area contributed by atoms with Crippen LogP contribution in [0.4, 0.5) is 0 Å². The summed E-state index contributed by atoms with van der Waals surface area (Å²) < 4.78 is 0. The van der Waals surface area contributed by atoms with Gasteiger partial charge in [0.25, 0.3) is 0 Å². The fourth-order valence-electron chi connectivity index (χ4n) is 1.81. The van der Waals surface area contributed by atoms with E-state index < -0.39 is 11.5 Å². The van der Waals surface area contributed by atoms with Crippen LogP contribution in [0.25, 0.3) is 0 Å². The minimum Gasteiger partial charge on any atom is -0.479 e. The number of carbonyl (C=O) groups is 1. The van der Waals surface area contributed by atoms with Crippen LogP contribution in [-0.4, -0.2) is 33.9 Å². The molecule has 2 aliphatic rings. The van der Waals surface area contributed by atoms with Crippen molar-refractivity contribution in [3.05, 3.63) is 23.0 Å². The molecular formula is C10H12ClN3O2. The van der Waals surface area contributed by atoms with E-state index >= 15 is 0 Å². The molecule has 1 atom stereocenters. The second-order valence-corrected chi connectivity index (χ2v) is 4.22. The maximum Gasteiger partial charge on any atom is 0.333 e. The number of carboxylic acid groups (broad SMARTS) is 1. The molecule has 0 spiro atoms. The smallest absolute Gasteiger partial charge is 0.333 e. The van der Waals surface area contributed by atoms with Crippen LogP contribution in [-0.2, 0) is 4.79 Å². The quantitative estimate of drug-likeness (QED) is 0.752. The predicted molar refractivity (Wildman–Crippen MR) is 61.0 cm³/mol. The van der Waals surface area contributed by atoms with Crippen LogP contribution in [0, 0.1) is 0 Å². The highest BCUT2D eigenvalue weighted by Crippen LogP contribution is 2.31. The van der Waals surface area contributed by atoms with Crippen LogP contribution >= 0.6 is 11.6 Å². The monoisotopic (exact) mass is 241 g/mol. The Morgan fingerprint density at radius 3 is 3.00 bits per heavy atom. The van der Waals surface area contributed by atoms with Gasteiger partial charge in [-0.25, -0.2) is 9.79 Å². The molecule has 0 aliphatic carbocycles. The van der Waals surface area contributed by atoms with Gasteiger partial charge in [0.05, 0.1) is 11.6 Å². The van der Waals surface area contributed by atoms with E-state index in [9.17, 15) is 9.90 Å². The van der Waals surface area contributed by atoms with Gasteiger partial charge in [0.2, 0.25) is 0 Å². The molecule has 0 aromatic heterocycles. The number of aliphatic carboxylic acids is 1. The van der Waals surface area contributed by atoms with Gasteiger partial charge in [0.15, 0.2) is 5.54 Å². The summed E-state index contributed by atoms with van der Waals surface area (Å²) in [4.78, 5) is 17.1. The van der Waals surface area contributed by atoms with Crippen LogP contribution < -0.4 is 5.73 Å². The van der Waals surface area contributed by atoms with Crippen LogP contribution in [0.5, 0.6) is 0 Å². The van der Waals surface area contributed by atoms with Crippen molar-refractivity contribution in [2.75, 3.05) is 6.54 Å². The SMILES string of the molecule is CCC1(C(=O)O)CN2C(=N1)C=CC(Cl)=C2N. The van der Waals surface area contributed by atoms with Crippen molar-refractivity contribution in [2.24, 2.45) is 10.7 Å². The number of nitrogens with two attached hydrogens (primary N) is 1. The molecule has 1 unspecified atom stereocenters. The van der Waals surface area contributed by atoms with Gasteiger partial charge in [-0.2, -0.15) is 0 Å². The van der Waals surface area contributed by atoms with Crippen molar-refractivity contribution in [2.45, 2.75) is 18.9 Å². The summed E-state index contributed by atoms with van der Waals surface area (Å²) in [5.41, 5.74) is 4.68. The average molecular weight is 242 g/mol. The highest BCUT2D eigenvalue weighted by Gasteiger charge is 2.45. The van der Waals surface area contributed by atoms with Gasteiger partial charge in [0.1, 0.15) is 11.7 Å². The number of hydrogen-bond acceptors (Lipinski definition) is 4. The normalized spacial score (nSPS) is 28.1. The summed E-state index contributed by atoms with van der Waals surface area (Å²) in [6, 6.07) is 0. The summed E-state index contributed by atoms with van der Waals surface area (Å²) >= 11 is 5.87. The number of fused-ring (bicyclic) bond motifs is 1. The van der Waals surface area contributed by atoms with Gasteiger partial charge in [-0.05, 0) is 18.6 Å². The zero-order valence-electron chi connectivity index (χ0n) is 8.77. The summed E-state index contributed by atoms with van der Waals surface area (Å²) in [5, 5.41) is 9.63. The van der Waals surface area contributed by atoms with Gasteiger partial charge in [-0.1, -0.05) is 18.5 Å². The first-order chi connectivity index (χ1) is 7.50. The largest absolute Gasteiger partial charge is 0.479 e. The van der Waals surface area contributed by atoms with Gasteiger partial charge in [0, 0.05) is 0 Å². The Bertz CT molecular complexity index is 441. The Morgan fingerprint density at radius 1 is 1.75 bits per heavy atom. The van der Waals surface area contributed by atoms with E-state index in [0.717, 1.165) is 0 Å². The van der Waals surface area contributed by atoms with Crippen molar-refractivity contribution in [3.8, 4) is 0 Å². The summed E-state index contributed by atoms with van der Waals surface area (Å²) in [7, 11) is 0. The first kappa shape index (κ1) is 11.0. The molecule has 2 aliphatic heterocycles. The van der Waals surface area contributed by atoms with Gasteiger partial charge in [-0.15, -0.1) is 0 Å². The number of aliphatic imine (C=N–C) groups is 1. The van der Waals surface area contributed by atoms with Gasteiger partial charge < -0.3 is 15.7 Å². The Hall–Kier alpha value is -1.49. The second-order valence-electron chi connectivity index (χ2n) is 3.81. The third-order valence-electron chi connectivity index (χ3n) is 2.92. The van der Waals surface area contributed by atoms with Crippen LogP contribution in [0.3, 0.4) is 0 Å². The lowest BCUT2D eigenvalue weighted by molar-refractivity contribution is -0.143. The molecule has 0 aromatic rings. The molecule has 0 bridgehead atoms. The Morgan fingerprint density at radius 2 is 2.44 bits per heavy atom. The average Bonchev–Trinajstić information content (AvgIpc) is 2.65. The minimum absolute atomic E-state index is 0.237. The number of amidine groups is 1. The molecule has 0 fully saturated rings. The van der Waals surface area contributed by atoms with E-state index in [1.807, 2.05) is 0 Å². The van der Waals surface area contributed by atoms with Crippen molar-refractivity contribution in [3.63, 3.8) is 0 Å². The van der Waals surface area contributed by atoms with Crippen LogP contribution in [0.2, 0.25) is 0 Å². The van der Waals surface area contributed by atoms with E-state index in [-0.39, 0.29) is 6.54 Å². The van der Waals surface area contributed by atoms with Crippen LogP contribution in [0.15, 0.2) is 28.0 Å². The first-order valence-electron chi connectivity index (χ1n) is 4.94. The van der Waals surface area contributed by atoms with E-state index in [1.165, 1.54) is 0 Å². The molecule has 16 heavy (non-hydrogen) atoms.